The van der Waals surface area contributed by atoms with Gasteiger partial charge in [0.1, 0.15) is 0 Å². The highest BCUT2D eigenvalue weighted by atomic mass is 16.2. The van der Waals surface area contributed by atoms with Gasteiger partial charge >= 0.3 is 0 Å². The molecule has 6 rings (SSSR count). The van der Waals surface area contributed by atoms with E-state index in [2.05, 4.69) is 35.9 Å². The Morgan fingerprint density at radius 2 is 2.09 bits per heavy atom. The molecule has 5 heterocycles. The Labute approximate surface area is 184 Å². The quantitative estimate of drug-likeness (QED) is 0.578. The molecule has 0 bridgehead atoms. The number of fused-ring (bicyclic) bond motifs is 2. The molecule has 2 fully saturated rings. The molecule has 1 aromatic carbocycles. The number of carbonyl (C=O) groups excluding carboxylic acids is 2. The van der Waals surface area contributed by atoms with Gasteiger partial charge in [0, 0.05) is 55.2 Å². The minimum absolute atomic E-state index is 0.00577. The summed E-state index contributed by atoms with van der Waals surface area (Å²) in [5.74, 6) is 1.34. The van der Waals surface area contributed by atoms with Crippen molar-refractivity contribution in [3.05, 3.63) is 36.2 Å². The lowest BCUT2D eigenvalue weighted by molar-refractivity contribution is -0.120. The summed E-state index contributed by atoms with van der Waals surface area (Å²) in [6.45, 7) is 6.15. The van der Waals surface area contributed by atoms with Crippen molar-refractivity contribution < 1.29 is 9.59 Å². The number of rotatable bonds is 3. The van der Waals surface area contributed by atoms with Crippen LogP contribution in [-0.4, -0.2) is 51.0 Å². The largest absolute Gasteiger partial charge is 0.355 e. The predicted octanol–water partition coefficient (Wildman–Crippen LogP) is 1.81. The maximum absolute atomic E-state index is 12.2. The molecule has 0 radical (unpaired) electrons. The molecule has 2 aromatic heterocycles. The fraction of sp³-hybridized carbons (Fsp3) is 0.409. The van der Waals surface area contributed by atoms with Gasteiger partial charge in [-0.3, -0.25) is 9.59 Å². The first kappa shape index (κ1) is 19.0. The standard InChI is InChI=1S/C22H24N8O2/c1-21(2)14-4-3-13(9-15(14)26-19(21)32)25-20-27-18-17(23-6-8-30(18)28-20)29-7-5-22(12-29)10-16(31)24-11-22/h3-4,6,8-9H,5,7,10-12H2,1-2H3,(H,24,31)(H,25,28)(H,26,32). The van der Waals surface area contributed by atoms with Crippen molar-refractivity contribution in [1.29, 1.82) is 0 Å². The third kappa shape index (κ3) is 2.82. The Balaban J connectivity index is 1.27. The van der Waals surface area contributed by atoms with Crippen molar-refractivity contribution in [2.45, 2.75) is 32.1 Å². The first-order chi connectivity index (χ1) is 15.3. The van der Waals surface area contributed by atoms with Gasteiger partial charge in [0.2, 0.25) is 17.8 Å². The molecule has 3 aliphatic heterocycles. The van der Waals surface area contributed by atoms with Gasteiger partial charge in [0.15, 0.2) is 11.5 Å². The van der Waals surface area contributed by atoms with Crippen molar-refractivity contribution in [1.82, 2.24) is 24.9 Å². The second-order valence-electron chi connectivity index (χ2n) is 9.54. The van der Waals surface area contributed by atoms with E-state index in [9.17, 15) is 9.59 Å². The molecule has 10 heteroatoms. The number of amides is 2. The summed E-state index contributed by atoms with van der Waals surface area (Å²) in [5.41, 5.74) is 2.68. The first-order valence-electron chi connectivity index (χ1n) is 10.8. The van der Waals surface area contributed by atoms with Crippen LogP contribution in [0.2, 0.25) is 0 Å². The van der Waals surface area contributed by atoms with Crippen molar-refractivity contribution in [3.63, 3.8) is 0 Å². The molecule has 3 aliphatic rings. The summed E-state index contributed by atoms with van der Waals surface area (Å²) in [6, 6.07) is 5.79. The van der Waals surface area contributed by atoms with Gasteiger partial charge in [-0.25, -0.2) is 9.50 Å². The lowest BCUT2D eigenvalue weighted by atomic mass is 9.86. The summed E-state index contributed by atoms with van der Waals surface area (Å²) in [5, 5.41) is 13.7. The molecule has 2 amide bonds. The SMILES string of the molecule is CC1(C)C(=O)Nc2cc(Nc3nc4c(N5CCC6(CNC(=O)C6)C5)nccn4n3)ccc21. The van der Waals surface area contributed by atoms with Crippen molar-refractivity contribution in [2.24, 2.45) is 5.41 Å². The van der Waals surface area contributed by atoms with Crippen LogP contribution in [0.5, 0.6) is 0 Å². The van der Waals surface area contributed by atoms with Gasteiger partial charge in [-0.2, -0.15) is 4.98 Å². The minimum Gasteiger partial charge on any atom is -0.355 e. The average molecular weight is 432 g/mol. The molecule has 1 spiro atoms. The highest BCUT2D eigenvalue weighted by Crippen LogP contribution is 2.40. The summed E-state index contributed by atoms with van der Waals surface area (Å²) < 4.78 is 1.71. The second-order valence-corrected chi connectivity index (χ2v) is 9.54. The van der Waals surface area contributed by atoms with Crippen LogP contribution in [-0.2, 0) is 15.0 Å². The minimum atomic E-state index is -0.539. The van der Waals surface area contributed by atoms with Crippen LogP contribution >= 0.6 is 0 Å². The van der Waals surface area contributed by atoms with E-state index in [4.69, 9.17) is 0 Å². The van der Waals surface area contributed by atoms with Gasteiger partial charge in [0.05, 0.1) is 5.41 Å². The smallest absolute Gasteiger partial charge is 0.247 e. The van der Waals surface area contributed by atoms with E-state index in [1.807, 2.05) is 32.0 Å². The van der Waals surface area contributed by atoms with Gasteiger partial charge in [0.25, 0.3) is 0 Å². The van der Waals surface area contributed by atoms with Crippen molar-refractivity contribution in [3.8, 4) is 0 Å². The third-order valence-electron chi connectivity index (χ3n) is 6.93. The lowest BCUT2D eigenvalue weighted by Gasteiger charge is -2.22. The normalized spacial score (nSPS) is 23.6. The predicted molar refractivity (Wildman–Crippen MR) is 119 cm³/mol. The van der Waals surface area contributed by atoms with E-state index in [1.54, 1.807) is 16.9 Å². The lowest BCUT2D eigenvalue weighted by Crippen LogP contribution is -2.29. The molecular weight excluding hydrogens is 408 g/mol. The molecule has 1 unspecified atom stereocenters. The molecule has 3 N–H and O–H groups in total. The zero-order valence-electron chi connectivity index (χ0n) is 18.0. The number of benzene rings is 1. The first-order valence-corrected chi connectivity index (χ1v) is 10.8. The summed E-state index contributed by atoms with van der Waals surface area (Å²) in [7, 11) is 0. The summed E-state index contributed by atoms with van der Waals surface area (Å²) in [4.78, 5) is 35.4. The Hall–Kier alpha value is -3.69. The average Bonchev–Trinajstić information content (AvgIpc) is 3.49. The molecule has 10 nitrogen and oxygen atoms in total. The number of aromatic nitrogens is 4. The van der Waals surface area contributed by atoms with E-state index >= 15 is 0 Å². The molecule has 1 atom stereocenters. The fourth-order valence-corrected chi connectivity index (χ4v) is 5.04. The number of hydrogen-bond donors (Lipinski definition) is 3. The van der Waals surface area contributed by atoms with Gasteiger partial charge in [-0.15, -0.1) is 5.10 Å². The molecule has 2 saturated heterocycles. The zero-order valence-corrected chi connectivity index (χ0v) is 18.0. The Morgan fingerprint density at radius 3 is 2.91 bits per heavy atom. The molecule has 32 heavy (non-hydrogen) atoms. The number of carbonyl (C=O) groups is 2. The Morgan fingerprint density at radius 1 is 1.22 bits per heavy atom. The fourth-order valence-electron chi connectivity index (χ4n) is 5.04. The number of anilines is 4. The number of hydrogen-bond acceptors (Lipinski definition) is 7. The molecule has 0 saturated carbocycles. The van der Waals surface area contributed by atoms with E-state index in [0.29, 0.717) is 18.0 Å². The van der Waals surface area contributed by atoms with E-state index in [-0.39, 0.29) is 17.2 Å². The number of nitrogens with one attached hydrogen (secondary N) is 3. The second kappa shape index (κ2) is 6.41. The van der Waals surface area contributed by atoms with Gasteiger partial charge in [-0.1, -0.05) is 6.07 Å². The molecule has 0 aliphatic carbocycles. The molecule has 164 valence electrons. The molecular formula is C22H24N8O2. The van der Waals surface area contributed by atoms with Gasteiger partial charge < -0.3 is 20.9 Å². The van der Waals surface area contributed by atoms with Gasteiger partial charge in [-0.05, 0) is 38.0 Å². The Kier molecular flexibility index (Phi) is 3.81. The van der Waals surface area contributed by atoms with Crippen LogP contribution in [0, 0.1) is 5.41 Å². The topological polar surface area (TPSA) is 117 Å². The van der Waals surface area contributed by atoms with Crippen molar-refractivity contribution >= 4 is 40.6 Å². The summed E-state index contributed by atoms with van der Waals surface area (Å²) in [6.07, 6.45) is 5.01. The highest BCUT2D eigenvalue weighted by molar-refractivity contribution is 6.06. The van der Waals surface area contributed by atoms with Crippen LogP contribution in [0.1, 0.15) is 32.3 Å². The monoisotopic (exact) mass is 432 g/mol. The van der Waals surface area contributed by atoms with Crippen LogP contribution in [0.15, 0.2) is 30.6 Å². The third-order valence-corrected chi connectivity index (χ3v) is 6.93. The van der Waals surface area contributed by atoms with Crippen LogP contribution in [0.4, 0.5) is 23.1 Å². The zero-order chi connectivity index (χ0) is 22.1. The van der Waals surface area contributed by atoms with Crippen molar-refractivity contribution in [2.75, 3.05) is 35.2 Å². The maximum atomic E-state index is 12.2. The summed E-state index contributed by atoms with van der Waals surface area (Å²) >= 11 is 0. The highest BCUT2D eigenvalue weighted by Gasteiger charge is 2.44. The molecule has 3 aromatic rings. The van der Waals surface area contributed by atoms with E-state index in [0.717, 1.165) is 48.8 Å². The van der Waals surface area contributed by atoms with Crippen LogP contribution in [0.25, 0.3) is 5.65 Å². The van der Waals surface area contributed by atoms with E-state index < -0.39 is 5.41 Å². The van der Waals surface area contributed by atoms with E-state index in [1.165, 1.54) is 0 Å². The number of nitrogens with zero attached hydrogens (tertiary/aromatic N) is 5. The Bertz CT molecular complexity index is 1280. The van der Waals surface area contributed by atoms with Crippen LogP contribution in [0.3, 0.4) is 0 Å². The maximum Gasteiger partial charge on any atom is 0.247 e. The van der Waals surface area contributed by atoms with Crippen LogP contribution < -0.4 is 20.9 Å².